The van der Waals surface area contributed by atoms with Gasteiger partial charge in [-0.2, -0.15) is 0 Å². The van der Waals surface area contributed by atoms with Gasteiger partial charge in [0.2, 0.25) is 0 Å². The van der Waals surface area contributed by atoms with Crippen molar-refractivity contribution in [1.29, 1.82) is 0 Å². The van der Waals surface area contributed by atoms with Crippen LogP contribution in [0.15, 0.2) is 42.5 Å². The topological polar surface area (TPSA) is 47.0 Å². The molecule has 0 spiro atoms. The molecule has 3 aromatic rings. The second kappa shape index (κ2) is 5.58. The number of aryl methyl sites for hydroxylation is 1. The molecule has 0 aliphatic rings. The molecule has 0 saturated heterocycles. The van der Waals surface area contributed by atoms with Crippen molar-refractivity contribution < 1.29 is 4.74 Å². The fourth-order valence-corrected chi connectivity index (χ4v) is 2.40. The molecular formula is C16H14ClN3O. The fourth-order valence-electron chi connectivity index (χ4n) is 2.19. The molecule has 106 valence electrons. The number of methoxy groups -OCH3 is 1. The number of anilines is 2. The zero-order chi connectivity index (χ0) is 14.8. The molecule has 3 rings (SSSR count). The summed E-state index contributed by atoms with van der Waals surface area (Å²) in [5.74, 6) is 1.51. The van der Waals surface area contributed by atoms with Gasteiger partial charge < -0.3 is 10.1 Å². The SMILES string of the molecule is COc1ccc(Nc2nnc(Cl)c3ccccc23)c(C)c1. The van der Waals surface area contributed by atoms with Gasteiger partial charge in [0.15, 0.2) is 11.0 Å². The van der Waals surface area contributed by atoms with Crippen LogP contribution < -0.4 is 10.1 Å². The van der Waals surface area contributed by atoms with Crippen LogP contribution in [0.3, 0.4) is 0 Å². The largest absolute Gasteiger partial charge is 0.497 e. The van der Waals surface area contributed by atoms with Crippen molar-refractivity contribution in [2.75, 3.05) is 12.4 Å². The Labute approximate surface area is 127 Å². The summed E-state index contributed by atoms with van der Waals surface area (Å²) < 4.78 is 5.21. The molecule has 0 unspecified atom stereocenters. The highest BCUT2D eigenvalue weighted by atomic mass is 35.5. The Kier molecular flexibility index (Phi) is 3.62. The minimum absolute atomic E-state index is 0.405. The highest BCUT2D eigenvalue weighted by Crippen LogP contribution is 2.29. The predicted molar refractivity (Wildman–Crippen MR) is 85.6 cm³/mol. The standard InChI is InChI=1S/C16H14ClN3O/c1-10-9-11(21-2)7-8-14(10)18-16-13-6-4-3-5-12(13)15(17)19-20-16/h3-9H,1-2H3,(H,18,20). The average molecular weight is 300 g/mol. The van der Waals surface area contributed by atoms with Crippen molar-refractivity contribution in [3.05, 3.63) is 53.2 Å². The van der Waals surface area contributed by atoms with Crippen LogP contribution >= 0.6 is 11.6 Å². The zero-order valence-corrected chi connectivity index (χ0v) is 12.5. The van der Waals surface area contributed by atoms with E-state index in [0.29, 0.717) is 11.0 Å². The first-order chi connectivity index (χ1) is 10.2. The van der Waals surface area contributed by atoms with E-state index in [0.717, 1.165) is 27.8 Å². The minimum atomic E-state index is 0.405. The first kappa shape index (κ1) is 13.6. The molecule has 4 nitrogen and oxygen atoms in total. The molecule has 0 fully saturated rings. The summed E-state index contributed by atoms with van der Waals surface area (Å²) in [5, 5.41) is 13.7. The maximum atomic E-state index is 6.08. The molecule has 0 bridgehead atoms. The predicted octanol–water partition coefficient (Wildman–Crippen LogP) is 4.34. The van der Waals surface area contributed by atoms with E-state index in [9.17, 15) is 0 Å². The molecule has 5 heteroatoms. The lowest BCUT2D eigenvalue weighted by Crippen LogP contribution is -1.99. The number of nitrogens with one attached hydrogen (secondary N) is 1. The quantitative estimate of drug-likeness (QED) is 0.781. The van der Waals surface area contributed by atoms with E-state index in [1.54, 1.807) is 7.11 Å². The monoisotopic (exact) mass is 299 g/mol. The third-order valence-electron chi connectivity index (χ3n) is 3.33. The maximum absolute atomic E-state index is 6.08. The molecule has 2 aromatic carbocycles. The van der Waals surface area contributed by atoms with Gasteiger partial charge in [0, 0.05) is 16.5 Å². The van der Waals surface area contributed by atoms with E-state index >= 15 is 0 Å². The molecule has 1 heterocycles. The number of ether oxygens (including phenoxy) is 1. The van der Waals surface area contributed by atoms with E-state index in [1.165, 1.54) is 0 Å². The third kappa shape index (κ3) is 2.62. The third-order valence-corrected chi connectivity index (χ3v) is 3.61. The number of rotatable bonds is 3. The molecular weight excluding hydrogens is 286 g/mol. The molecule has 0 amide bonds. The fraction of sp³-hybridized carbons (Fsp3) is 0.125. The molecule has 0 radical (unpaired) electrons. The van der Waals surface area contributed by atoms with E-state index in [2.05, 4.69) is 15.5 Å². The zero-order valence-electron chi connectivity index (χ0n) is 11.7. The lowest BCUT2D eigenvalue weighted by molar-refractivity contribution is 0.414. The van der Waals surface area contributed by atoms with Gasteiger partial charge in [-0.25, -0.2) is 0 Å². The summed E-state index contributed by atoms with van der Waals surface area (Å²) in [5.41, 5.74) is 2.02. The number of aromatic nitrogens is 2. The summed E-state index contributed by atoms with van der Waals surface area (Å²) in [4.78, 5) is 0. The first-order valence-corrected chi connectivity index (χ1v) is 6.89. The van der Waals surface area contributed by atoms with E-state index in [-0.39, 0.29) is 0 Å². The second-order valence-electron chi connectivity index (χ2n) is 4.69. The highest BCUT2D eigenvalue weighted by Gasteiger charge is 2.09. The van der Waals surface area contributed by atoms with Crippen LogP contribution in [-0.4, -0.2) is 17.3 Å². The average Bonchev–Trinajstić information content (AvgIpc) is 2.52. The highest BCUT2D eigenvalue weighted by molar-refractivity contribution is 6.34. The lowest BCUT2D eigenvalue weighted by Gasteiger charge is -2.12. The van der Waals surface area contributed by atoms with Crippen LogP contribution in [0.1, 0.15) is 5.56 Å². The van der Waals surface area contributed by atoms with E-state index in [1.807, 2.05) is 49.4 Å². The lowest BCUT2D eigenvalue weighted by atomic mass is 10.1. The Balaban J connectivity index is 2.04. The number of hydrogen-bond acceptors (Lipinski definition) is 4. The van der Waals surface area contributed by atoms with Crippen molar-refractivity contribution in [1.82, 2.24) is 10.2 Å². The summed E-state index contributed by atoms with van der Waals surface area (Å²) in [6.45, 7) is 2.01. The van der Waals surface area contributed by atoms with Gasteiger partial charge >= 0.3 is 0 Å². The van der Waals surface area contributed by atoms with Crippen LogP contribution in [0.2, 0.25) is 5.15 Å². The molecule has 21 heavy (non-hydrogen) atoms. The second-order valence-corrected chi connectivity index (χ2v) is 5.05. The Hall–Kier alpha value is -2.33. The Morgan fingerprint density at radius 1 is 1.05 bits per heavy atom. The van der Waals surface area contributed by atoms with E-state index < -0.39 is 0 Å². The van der Waals surface area contributed by atoms with E-state index in [4.69, 9.17) is 16.3 Å². The number of nitrogens with zero attached hydrogens (tertiary/aromatic N) is 2. The smallest absolute Gasteiger partial charge is 0.161 e. The summed E-state index contributed by atoms with van der Waals surface area (Å²) in [6, 6.07) is 13.6. The first-order valence-electron chi connectivity index (χ1n) is 6.51. The minimum Gasteiger partial charge on any atom is -0.497 e. The Bertz CT molecular complexity index is 805. The number of fused-ring (bicyclic) bond motifs is 1. The van der Waals surface area contributed by atoms with Gasteiger partial charge in [0.05, 0.1) is 7.11 Å². The van der Waals surface area contributed by atoms with Crippen molar-refractivity contribution >= 4 is 33.9 Å². The molecule has 0 atom stereocenters. The molecule has 0 aliphatic heterocycles. The Morgan fingerprint density at radius 3 is 2.52 bits per heavy atom. The van der Waals surface area contributed by atoms with Gasteiger partial charge in [-0.1, -0.05) is 35.9 Å². The van der Waals surface area contributed by atoms with Crippen molar-refractivity contribution in [3.8, 4) is 5.75 Å². The Morgan fingerprint density at radius 2 is 1.81 bits per heavy atom. The van der Waals surface area contributed by atoms with Gasteiger partial charge in [0.25, 0.3) is 0 Å². The maximum Gasteiger partial charge on any atom is 0.161 e. The number of hydrogen-bond donors (Lipinski definition) is 1. The number of benzene rings is 2. The summed E-state index contributed by atoms with van der Waals surface area (Å²) in [6.07, 6.45) is 0. The van der Waals surface area contributed by atoms with Crippen LogP contribution in [0.5, 0.6) is 5.75 Å². The van der Waals surface area contributed by atoms with Crippen molar-refractivity contribution in [2.24, 2.45) is 0 Å². The van der Waals surface area contributed by atoms with Gasteiger partial charge in [-0.15, -0.1) is 10.2 Å². The molecule has 0 saturated carbocycles. The van der Waals surface area contributed by atoms with Crippen LogP contribution in [-0.2, 0) is 0 Å². The summed E-state index contributed by atoms with van der Waals surface area (Å²) >= 11 is 6.08. The van der Waals surface area contributed by atoms with Gasteiger partial charge in [0.1, 0.15) is 5.75 Å². The normalized spacial score (nSPS) is 10.6. The van der Waals surface area contributed by atoms with Crippen LogP contribution in [0, 0.1) is 6.92 Å². The van der Waals surface area contributed by atoms with Crippen molar-refractivity contribution in [2.45, 2.75) is 6.92 Å². The van der Waals surface area contributed by atoms with Gasteiger partial charge in [-0.3, -0.25) is 0 Å². The van der Waals surface area contributed by atoms with Gasteiger partial charge in [-0.05, 0) is 30.7 Å². The molecule has 0 aliphatic carbocycles. The molecule has 1 N–H and O–H groups in total. The van der Waals surface area contributed by atoms with Crippen LogP contribution in [0.4, 0.5) is 11.5 Å². The number of halogens is 1. The van der Waals surface area contributed by atoms with Crippen LogP contribution in [0.25, 0.3) is 10.8 Å². The molecule has 1 aromatic heterocycles. The van der Waals surface area contributed by atoms with Crippen molar-refractivity contribution in [3.63, 3.8) is 0 Å². The summed E-state index contributed by atoms with van der Waals surface area (Å²) in [7, 11) is 1.65.